The molecular formula is C12H16N4. The molecule has 3 N–H and O–H groups in total. The van der Waals surface area contributed by atoms with Crippen molar-refractivity contribution in [2.75, 3.05) is 0 Å². The molecule has 16 heavy (non-hydrogen) atoms. The average Bonchev–Trinajstić information content (AvgIpc) is 2.76. The Balaban J connectivity index is 2.01. The van der Waals surface area contributed by atoms with E-state index in [1.54, 1.807) is 6.33 Å². The van der Waals surface area contributed by atoms with E-state index in [9.17, 15) is 0 Å². The zero-order valence-electron chi connectivity index (χ0n) is 9.19. The number of H-pyrrole nitrogens is 1. The summed E-state index contributed by atoms with van der Waals surface area (Å²) >= 11 is 0. The van der Waals surface area contributed by atoms with E-state index >= 15 is 0 Å². The molecule has 0 amide bonds. The van der Waals surface area contributed by atoms with Gasteiger partial charge in [0.2, 0.25) is 0 Å². The molecule has 1 aliphatic rings. The maximum Gasteiger partial charge on any atom is 0.140 e. The third-order valence-electron chi connectivity index (χ3n) is 3.49. The Morgan fingerprint density at radius 1 is 1.31 bits per heavy atom. The maximum atomic E-state index is 6.03. The fraction of sp³-hybridized carbons (Fsp3) is 0.500. The summed E-state index contributed by atoms with van der Waals surface area (Å²) in [6, 6.07) is 2.40. The van der Waals surface area contributed by atoms with Crippen LogP contribution in [-0.2, 0) is 0 Å². The van der Waals surface area contributed by atoms with Crippen molar-refractivity contribution in [1.29, 1.82) is 0 Å². The van der Waals surface area contributed by atoms with E-state index in [0.29, 0.717) is 12.0 Å². The van der Waals surface area contributed by atoms with Crippen molar-refractivity contribution in [3.8, 4) is 0 Å². The van der Waals surface area contributed by atoms with E-state index in [0.717, 1.165) is 23.9 Å². The summed E-state index contributed by atoms with van der Waals surface area (Å²) < 4.78 is 0. The quantitative estimate of drug-likeness (QED) is 0.765. The molecule has 2 heterocycles. The zero-order chi connectivity index (χ0) is 11.0. The van der Waals surface area contributed by atoms with Crippen LogP contribution >= 0.6 is 0 Å². The highest BCUT2D eigenvalue weighted by atomic mass is 14.9. The van der Waals surface area contributed by atoms with Crippen molar-refractivity contribution in [2.45, 2.75) is 37.6 Å². The minimum Gasteiger partial charge on any atom is -0.346 e. The second-order valence-electron chi connectivity index (χ2n) is 4.62. The van der Waals surface area contributed by atoms with Gasteiger partial charge in [-0.3, -0.25) is 0 Å². The fourth-order valence-corrected chi connectivity index (χ4v) is 2.69. The number of fused-ring (bicyclic) bond motifs is 1. The summed E-state index contributed by atoms with van der Waals surface area (Å²) in [7, 11) is 0. The van der Waals surface area contributed by atoms with Crippen LogP contribution in [0.25, 0.3) is 11.0 Å². The van der Waals surface area contributed by atoms with Crippen LogP contribution in [0.5, 0.6) is 0 Å². The number of nitrogens with one attached hydrogen (secondary N) is 1. The molecule has 84 valence electrons. The van der Waals surface area contributed by atoms with Crippen LogP contribution in [0.4, 0.5) is 0 Å². The number of nitrogens with two attached hydrogens (primary N) is 1. The summed E-state index contributed by atoms with van der Waals surface area (Å²) in [5.74, 6) is 0.505. The van der Waals surface area contributed by atoms with Crippen LogP contribution in [0, 0.1) is 0 Å². The smallest absolute Gasteiger partial charge is 0.140 e. The minimum atomic E-state index is 0.336. The van der Waals surface area contributed by atoms with Crippen LogP contribution in [-0.4, -0.2) is 21.0 Å². The fourth-order valence-electron chi connectivity index (χ4n) is 2.69. The molecule has 0 saturated heterocycles. The number of aromatic nitrogens is 3. The van der Waals surface area contributed by atoms with Gasteiger partial charge in [0.1, 0.15) is 12.0 Å². The zero-order valence-corrected chi connectivity index (χ0v) is 9.19. The molecule has 0 bridgehead atoms. The summed E-state index contributed by atoms with van der Waals surface area (Å²) in [5.41, 5.74) is 8.13. The van der Waals surface area contributed by atoms with Crippen LogP contribution in [0.15, 0.2) is 18.6 Å². The molecule has 1 aliphatic carbocycles. The molecule has 2 unspecified atom stereocenters. The molecule has 0 aliphatic heterocycles. The van der Waals surface area contributed by atoms with Gasteiger partial charge in [-0.1, -0.05) is 6.42 Å². The lowest BCUT2D eigenvalue weighted by atomic mass is 9.83. The van der Waals surface area contributed by atoms with Crippen LogP contribution in [0.2, 0.25) is 0 Å². The predicted octanol–water partition coefficient (Wildman–Crippen LogP) is 1.94. The van der Waals surface area contributed by atoms with Crippen molar-refractivity contribution in [2.24, 2.45) is 5.73 Å². The number of rotatable bonds is 1. The lowest BCUT2D eigenvalue weighted by Crippen LogP contribution is -2.27. The number of hydrogen-bond acceptors (Lipinski definition) is 3. The molecule has 1 saturated carbocycles. The van der Waals surface area contributed by atoms with Crippen LogP contribution < -0.4 is 5.73 Å². The summed E-state index contributed by atoms with van der Waals surface area (Å²) in [6.45, 7) is 0. The van der Waals surface area contributed by atoms with Crippen molar-refractivity contribution in [3.63, 3.8) is 0 Å². The first-order chi connectivity index (χ1) is 7.84. The predicted molar refractivity (Wildman–Crippen MR) is 63.1 cm³/mol. The summed E-state index contributed by atoms with van der Waals surface area (Å²) in [6.07, 6.45) is 8.18. The van der Waals surface area contributed by atoms with Crippen molar-refractivity contribution >= 4 is 11.0 Å². The number of nitrogens with zero attached hydrogens (tertiary/aromatic N) is 2. The Kier molecular flexibility index (Phi) is 2.36. The minimum absolute atomic E-state index is 0.336. The SMILES string of the molecule is NC1CCCC(c2ncnc3[nH]ccc23)C1. The standard InChI is InChI=1S/C12H16N4/c13-9-3-1-2-8(6-9)11-10-4-5-14-12(10)16-7-15-11/h4-5,7-9H,1-3,6,13H2,(H,14,15,16). The van der Waals surface area contributed by atoms with Crippen molar-refractivity contribution < 1.29 is 0 Å². The molecular weight excluding hydrogens is 200 g/mol. The lowest BCUT2D eigenvalue weighted by molar-refractivity contribution is 0.389. The molecule has 2 aromatic rings. The van der Waals surface area contributed by atoms with E-state index in [1.807, 2.05) is 6.20 Å². The second kappa shape index (κ2) is 3.87. The van der Waals surface area contributed by atoms with Crippen LogP contribution in [0.3, 0.4) is 0 Å². The summed E-state index contributed by atoms with van der Waals surface area (Å²) in [5, 5.41) is 1.15. The highest BCUT2D eigenvalue weighted by Gasteiger charge is 2.23. The molecule has 0 spiro atoms. The van der Waals surface area contributed by atoms with E-state index in [1.165, 1.54) is 18.5 Å². The number of aromatic amines is 1. The van der Waals surface area contributed by atoms with Gasteiger partial charge in [0, 0.05) is 23.5 Å². The molecule has 4 heteroatoms. The third-order valence-corrected chi connectivity index (χ3v) is 3.49. The molecule has 2 aromatic heterocycles. The van der Waals surface area contributed by atoms with Gasteiger partial charge in [0.05, 0.1) is 5.69 Å². The van der Waals surface area contributed by atoms with E-state index in [4.69, 9.17) is 5.73 Å². The Hall–Kier alpha value is -1.42. The Morgan fingerprint density at radius 2 is 2.25 bits per heavy atom. The third kappa shape index (κ3) is 1.59. The first-order valence-corrected chi connectivity index (χ1v) is 5.88. The lowest BCUT2D eigenvalue weighted by Gasteiger charge is -2.26. The molecule has 0 aromatic carbocycles. The Labute approximate surface area is 94.3 Å². The monoisotopic (exact) mass is 216 g/mol. The molecule has 3 rings (SSSR count). The first kappa shape index (κ1) is 9.78. The largest absolute Gasteiger partial charge is 0.346 e. The van der Waals surface area contributed by atoms with Crippen molar-refractivity contribution in [1.82, 2.24) is 15.0 Å². The topological polar surface area (TPSA) is 67.6 Å². The van der Waals surface area contributed by atoms with Gasteiger partial charge in [-0.25, -0.2) is 9.97 Å². The van der Waals surface area contributed by atoms with Gasteiger partial charge in [-0.15, -0.1) is 0 Å². The molecule has 4 nitrogen and oxygen atoms in total. The van der Waals surface area contributed by atoms with Crippen LogP contribution in [0.1, 0.15) is 37.3 Å². The Bertz CT molecular complexity index is 490. The molecule has 0 radical (unpaired) electrons. The van der Waals surface area contributed by atoms with Gasteiger partial charge >= 0.3 is 0 Å². The summed E-state index contributed by atoms with van der Waals surface area (Å²) in [4.78, 5) is 11.8. The van der Waals surface area contributed by atoms with Gasteiger partial charge < -0.3 is 10.7 Å². The maximum absolute atomic E-state index is 6.03. The van der Waals surface area contributed by atoms with Gasteiger partial charge in [0.25, 0.3) is 0 Å². The van der Waals surface area contributed by atoms with E-state index < -0.39 is 0 Å². The number of hydrogen-bond donors (Lipinski definition) is 2. The second-order valence-corrected chi connectivity index (χ2v) is 4.62. The van der Waals surface area contributed by atoms with E-state index in [2.05, 4.69) is 21.0 Å². The van der Waals surface area contributed by atoms with Gasteiger partial charge in [-0.2, -0.15) is 0 Å². The van der Waals surface area contributed by atoms with Gasteiger partial charge in [0.15, 0.2) is 0 Å². The highest BCUT2D eigenvalue weighted by molar-refractivity contribution is 5.78. The molecule has 2 atom stereocenters. The van der Waals surface area contributed by atoms with Gasteiger partial charge in [-0.05, 0) is 25.3 Å². The van der Waals surface area contributed by atoms with E-state index in [-0.39, 0.29) is 0 Å². The highest BCUT2D eigenvalue weighted by Crippen LogP contribution is 2.33. The average molecular weight is 216 g/mol. The first-order valence-electron chi connectivity index (χ1n) is 5.88. The Morgan fingerprint density at radius 3 is 3.12 bits per heavy atom. The van der Waals surface area contributed by atoms with Crippen molar-refractivity contribution in [3.05, 3.63) is 24.3 Å². The molecule has 1 fully saturated rings. The normalized spacial score (nSPS) is 26.1.